The van der Waals surface area contributed by atoms with Crippen molar-refractivity contribution in [1.29, 1.82) is 0 Å². The molecule has 3 unspecified atom stereocenters. The van der Waals surface area contributed by atoms with E-state index >= 15 is 0 Å². The normalized spacial score (nSPS) is 53.3. The fraction of sp³-hybridized carbons (Fsp3) is 0.927. The maximum atomic E-state index is 13.0. The second-order valence-corrected chi connectivity index (χ2v) is 20.2. The first-order valence-electron chi connectivity index (χ1n) is 20.2. The van der Waals surface area contributed by atoms with E-state index in [1.807, 2.05) is 0 Å². The van der Waals surface area contributed by atoms with Gasteiger partial charge in [-0.25, -0.2) is 0 Å². The van der Waals surface area contributed by atoms with E-state index in [9.17, 15) is 40.5 Å². The SMILES string of the molecule is CC1(C)CC[C@]2(C(=O)O)CC[C@]3(C)C(=CCC4[C@@]5(C)CC[C@H](O[C@H]6OC[C@H](O[C@@H]7O[C@H](CO)[C@H](O)[C@H](O)[C@H]7O)[C@H](O)[C@H]6O)C(C)(C)C5CC[C@]43C)C2C1. The van der Waals surface area contributed by atoms with E-state index < -0.39 is 73.3 Å². The molecule has 12 heteroatoms. The molecule has 4 saturated carbocycles. The van der Waals surface area contributed by atoms with Gasteiger partial charge in [0.1, 0.15) is 42.7 Å². The molecule has 7 aliphatic rings. The zero-order valence-electron chi connectivity index (χ0n) is 32.7. The monoisotopic (exact) mass is 750 g/mol. The van der Waals surface area contributed by atoms with E-state index in [0.717, 1.165) is 64.2 Å². The summed E-state index contributed by atoms with van der Waals surface area (Å²) in [6, 6.07) is 0. The molecule has 7 rings (SSSR count). The molecular formula is C41H66O12. The number of aliphatic carboxylic acids is 1. The highest BCUT2D eigenvalue weighted by molar-refractivity contribution is 5.76. The van der Waals surface area contributed by atoms with Crippen LogP contribution < -0.4 is 0 Å². The number of hydrogen-bond acceptors (Lipinski definition) is 11. The Hall–Kier alpha value is -1.19. The topological polar surface area (TPSA) is 196 Å². The Kier molecular flexibility index (Phi) is 10.2. The third-order valence-electron chi connectivity index (χ3n) is 16.9. The number of aliphatic hydroxyl groups is 6. The molecule has 5 aliphatic carbocycles. The summed E-state index contributed by atoms with van der Waals surface area (Å²) in [5, 5.41) is 73.2. The van der Waals surface area contributed by atoms with Gasteiger partial charge in [-0.1, -0.05) is 60.1 Å². The molecule has 0 bridgehead atoms. The molecule has 0 aromatic rings. The van der Waals surface area contributed by atoms with Gasteiger partial charge in [0, 0.05) is 0 Å². The second kappa shape index (κ2) is 13.5. The van der Waals surface area contributed by atoms with Crippen molar-refractivity contribution >= 4 is 5.97 Å². The summed E-state index contributed by atoms with van der Waals surface area (Å²) in [6.07, 6.45) is -1.38. The largest absolute Gasteiger partial charge is 0.481 e. The van der Waals surface area contributed by atoms with Crippen molar-refractivity contribution in [1.82, 2.24) is 0 Å². The lowest BCUT2D eigenvalue weighted by Crippen LogP contribution is -2.66. The molecule has 0 amide bonds. The van der Waals surface area contributed by atoms with E-state index in [2.05, 4.69) is 54.5 Å². The summed E-state index contributed by atoms with van der Waals surface area (Å²) < 4.78 is 23.7. The van der Waals surface area contributed by atoms with Crippen LogP contribution in [0.3, 0.4) is 0 Å². The zero-order chi connectivity index (χ0) is 38.7. The Morgan fingerprint density at radius 1 is 0.792 bits per heavy atom. The van der Waals surface area contributed by atoms with Gasteiger partial charge < -0.3 is 54.7 Å². The summed E-state index contributed by atoms with van der Waals surface area (Å²) in [5.74, 6) is 0.218. The number of fused-ring (bicyclic) bond motifs is 7. The quantitative estimate of drug-likeness (QED) is 0.155. The van der Waals surface area contributed by atoms with Gasteiger partial charge in [-0.3, -0.25) is 4.79 Å². The lowest BCUT2D eigenvalue weighted by atomic mass is 9.33. The summed E-state index contributed by atoms with van der Waals surface area (Å²) in [7, 11) is 0. The van der Waals surface area contributed by atoms with Crippen LogP contribution in [0.25, 0.3) is 0 Å². The van der Waals surface area contributed by atoms with Crippen molar-refractivity contribution in [3.05, 3.63) is 11.6 Å². The van der Waals surface area contributed by atoms with Gasteiger partial charge in [0.05, 0.1) is 24.7 Å². The van der Waals surface area contributed by atoms with Crippen molar-refractivity contribution in [3.8, 4) is 0 Å². The lowest BCUT2D eigenvalue weighted by molar-refractivity contribution is -0.351. The van der Waals surface area contributed by atoms with Gasteiger partial charge in [0.25, 0.3) is 0 Å². The van der Waals surface area contributed by atoms with Crippen LogP contribution in [-0.2, 0) is 23.7 Å². The van der Waals surface area contributed by atoms with Gasteiger partial charge in [0.2, 0.25) is 0 Å². The number of ether oxygens (including phenoxy) is 4. The third kappa shape index (κ3) is 5.94. The fourth-order valence-corrected chi connectivity index (χ4v) is 13.4. The predicted molar refractivity (Wildman–Crippen MR) is 192 cm³/mol. The standard InChI is InChI=1S/C41H66O12/c1-36(2)14-16-41(35(48)49)17-15-39(6)21(22(41)18-36)8-9-26-38(5)12-11-27(37(3,4)25(38)10-13-40(26,39)7)53-33-31(46)29(44)24(20-50-33)52-34-32(47)30(45)28(43)23(19-42)51-34/h8,22-34,42-47H,9-20H2,1-7H3,(H,48,49)/t22?,23-,24+,25?,26?,27+,28+,29+,30+,31-,32-,33-,34+,38+,39-,40-,41+/m1/s1. The van der Waals surface area contributed by atoms with Crippen molar-refractivity contribution < 1.29 is 59.5 Å². The molecule has 7 N–H and O–H groups in total. The molecular weight excluding hydrogens is 684 g/mol. The second-order valence-electron chi connectivity index (χ2n) is 20.2. The molecule has 0 aromatic heterocycles. The van der Waals surface area contributed by atoms with Crippen molar-refractivity contribution in [2.75, 3.05) is 13.2 Å². The zero-order valence-corrected chi connectivity index (χ0v) is 32.7. The molecule has 302 valence electrons. The molecule has 12 nitrogen and oxygen atoms in total. The number of hydrogen-bond donors (Lipinski definition) is 7. The molecule has 53 heavy (non-hydrogen) atoms. The Balaban J connectivity index is 1.06. The average Bonchev–Trinajstić information content (AvgIpc) is 3.09. The van der Waals surface area contributed by atoms with Crippen molar-refractivity contribution in [2.45, 2.75) is 174 Å². The van der Waals surface area contributed by atoms with Crippen LogP contribution in [0, 0.1) is 50.2 Å². The summed E-state index contributed by atoms with van der Waals surface area (Å²) >= 11 is 0. The first-order valence-corrected chi connectivity index (χ1v) is 20.2. The number of carboxylic acids is 1. The van der Waals surface area contributed by atoms with Crippen molar-refractivity contribution in [3.63, 3.8) is 0 Å². The smallest absolute Gasteiger partial charge is 0.310 e. The number of aliphatic hydroxyl groups excluding tert-OH is 6. The van der Waals surface area contributed by atoms with E-state index in [1.54, 1.807) is 0 Å². The number of allylic oxidation sites excluding steroid dienone is 2. The van der Waals surface area contributed by atoms with Gasteiger partial charge in [-0.05, 0) is 109 Å². The summed E-state index contributed by atoms with van der Waals surface area (Å²) in [4.78, 5) is 13.0. The minimum Gasteiger partial charge on any atom is -0.481 e. The van der Waals surface area contributed by atoms with Crippen LogP contribution in [0.1, 0.15) is 113 Å². The fourth-order valence-electron chi connectivity index (χ4n) is 13.4. The van der Waals surface area contributed by atoms with E-state index in [4.69, 9.17) is 18.9 Å². The number of rotatable bonds is 6. The number of carbonyl (C=O) groups is 1. The van der Waals surface area contributed by atoms with Crippen LogP contribution in [-0.4, -0.2) is 116 Å². The minimum absolute atomic E-state index is 0.0183. The molecule has 17 atom stereocenters. The van der Waals surface area contributed by atoms with Gasteiger partial charge in [-0.2, -0.15) is 0 Å². The molecule has 2 heterocycles. The van der Waals surface area contributed by atoms with Crippen LogP contribution in [0.4, 0.5) is 0 Å². The maximum absolute atomic E-state index is 13.0. The molecule has 0 radical (unpaired) electrons. The van der Waals surface area contributed by atoms with E-state index in [-0.39, 0.29) is 45.7 Å². The highest BCUT2D eigenvalue weighted by Gasteiger charge is 2.69. The van der Waals surface area contributed by atoms with Crippen LogP contribution in [0.2, 0.25) is 0 Å². The van der Waals surface area contributed by atoms with Crippen LogP contribution in [0.15, 0.2) is 11.6 Å². The van der Waals surface area contributed by atoms with Gasteiger partial charge in [0.15, 0.2) is 12.6 Å². The molecule has 6 fully saturated rings. The number of carboxylic acid groups (broad SMARTS) is 1. The maximum Gasteiger partial charge on any atom is 0.310 e. The first kappa shape index (κ1) is 40.0. The Labute approximate surface area is 314 Å². The predicted octanol–water partition coefficient (Wildman–Crippen LogP) is 3.52. The third-order valence-corrected chi connectivity index (χ3v) is 16.9. The molecule has 0 aromatic carbocycles. The summed E-state index contributed by atoms with van der Waals surface area (Å²) in [5.41, 5.74) is 0.584. The summed E-state index contributed by atoms with van der Waals surface area (Å²) in [6.45, 7) is 15.8. The molecule has 0 spiro atoms. The highest BCUT2D eigenvalue weighted by atomic mass is 16.7. The Morgan fingerprint density at radius 3 is 2.15 bits per heavy atom. The van der Waals surface area contributed by atoms with E-state index in [1.165, 1.54) is 5.57 Å². The highest BCUT2D eigenvalue weighted by Crippen LogP contribution is 2.76. The van der Waals surface area contributed by atoms with Crippen LogP contribution in [0.5, 0.6) is 0 Å². The van der Waals surface area contributed by atoms with E-state index in [0.29, 0.717) is 11.8 Å². The lowest BCUT2D eigenvalue weighted by Gasteiger charge is -2.71. The first-order chi connectivity index (χ1) is 24.7. The van der Waals surface area contributed by atoms with Gasteiger partial charge in [-0.15, -0.1) is 0 Å². The van der Waals surface area contributed by atoms with Gasteiger partial charge >= 0.3 is 5.97 Å². The Bertz CT molecular complexity index is 1430. The molecule has 2 saturated heterocycles. The Morgan fingerprint density at radius 2 is 1.47 bits per heavy atom. The van der Waals surface area contributed by atoms with Crippen molar-refractivity contribution in [2.24, 2.45) is 50.2 Å². The minimum atomic E-state index is -1.65. The average molecular weight is 751 g/mol. The molecule has 2 aliphatic heterocycles. The van der Waals surface area contributed by atoms with Crippen LogP contribution >= 0.6 is 0 Å².